The van der Waals surface area contributed by atoms with Gasteiger partial charge in [0, 0.05) is 17.9 Å². The number of anilines is 1. The van der Waals surface area contributed by atoms with Crippen molar-refractivity contribution in [1.29, 1.82) is 0 Å². The number of nitrogens with two attached hydrogens (primary N) is 2. The molecule has 4 N–H and O–H groups in total. The quantitative estimate of drug-likeness (QED) is 0.400. The molecule has 0 radical (unpaired) electrons. The third-order valence-corrected chi connectivity index (χ3v) is 9.50. The Bertz CT molecular complexity index is 1050. The lowest BCUT2D eigenvalue weighted by Gasteiger charge is -2.47. The van der Waals surface area contributed by atoms with Gasteiger partial charge in [-0.25, -0.2) is 0 Å². The van der Waals surface area contributed by atoms with Crippen molar-refractivity contribution in [2.45, 2.75) is 85.6 Å². The zero-order valence-electron chi connectivity index (χ0n) is 22.0. The summed E-state index contributed by atoms with van der Waals surface area (Å²) in [7, 11) is 0. The minimum Gasteiger partial charge on any atom is -0.399 e. The Labute approximate surface area is 207 Å². The lowest BCUT2D eigenvalue weighted by atomic mass is 9.58. The maximum atomic E-state index is 6.95. The van der Waals surface area contributed by atoms with Gasteiger partial charge in [0.05, 0.1) is 0 Å². The number of benzene rings is 1. The Morgan fingerprint density at radius 1 is 1.12 bits per heavy atom. The molecule has 0 amide bonds. The van der Waals surface area contributed by atoms with Gasteiger partial charge in [0.15, 0.2) is 0 Å². The summed E-state index contributed by atoms with van der Waals surface area (Å²) in [4.78, 5) is 2.59. The van der Waals surface area contributed by atoms with Gasteiger partial charge in [-0.05, 0) is 123 Å². The van der Waals surface area contributed by atoms with Crippen LogP contribution in [0.15, 0.2) is 40.6 Å². The van der Waals surface area contributed by atoms with Crippen molar-refractivity contribution in [3.8, 4) is 0 Å². The topological polar surface area (TPSA) is 55.3 Å². The molecular formula is C31H45N3. The second-order valence-electron chi connectivity index (χ2n) is 11.9. The third-order valence-electron chi connectivity index (χ3n) is 9.50. The lowest BCUT2D eigenvalue weighted by molar-refractivity contribution is 0.243. The molecule has 3 atom stereocenters. The molecule has 0 saturated carbocycles. The van der Waals surface area contributed by atoms with Gasteiger partial charge < -0.3 is 11.5 Å². The summed E-state index contributed by atoms with van der Waals surface area (Å²) in [6.45, 7) is 17.0. The van der Waals surface area contributed by atoms with E-state index < -0.39 is 0 Å². The average molecular weight is 460 g/mol. The molecule has 1 aromatic rings. The van der Waals surface area contributed by atoms with E-state index in [9.17, 15) is 0 Å². The number of hydrogen-bond acceptors (Lipinski definition) is 3. The van der Waals surface area contributed by atoms with Crippen molar-refractivity contribution in [1.82, 2.24) is 4.90 Å². The number of nitrogen functional groups attached to an aromatic ring is 1. The number of likely N-dealkylation sites (tertiary alicyclic amines) is 1. The largest absolute Gasteiger partial charge is 0.399 e. The summed E-state index contributed by atoms with van der Waals surface area (Å²) in [5.41, 5.74) is 27.3. The average Bonchev–Trinajstić information content (AvgIpc) is 3.30. The SMILES string of the molecule is C=C(N)C1=C(C)CC2CC3Cc4c(N)c(CN5CCCC5)cc(CC)c4CC3=C(C(C)C)C2C1. The van der Waals surface area contributed by atoms with Gasteiger partial charge in [0.25, 0.3) is 0 Å². The number of rotatable bonds is 5. The van der Waals surface area contributed by atoms with E-state index in [1.807, 2.05) is 0 Å². The van der Waals surface area contributed by atoms with Gasteiger partial charge in [-0.1, -0.05) is 50.1 Å². The van der Waals surface area contributed by atoms with E-state index in [0.29, 0.717) is 17.8 Å². The van der Waals surface area contributed by atoms with Crippen LogP contribution in [0, 0.1) is 23.7 Å². The van der Waals surface area contributed by atoms with Crippen LogP contribution in [-0.2, 0) is 25.8 Å². The fraction of sp³-hybridized carbons (Fsp3) is 0.613. The Balaban J connectivity index is 1.55. The maximum Gasteiger partial charge on any atom is 0.0395 e. The van der Waals surface area contributed by atoms with Crippen LogP contribution in [0.3, 0.4) is 0 Å². The molecule has 184 valence electrons. The highest BCUT2D eigenvalue weighted by Crippen LogP contribution is 2.53. The first-order valence-corrected chi connectivity index (χ1v) is 13.8. The molecule has 3 aliphatic carbocycles. The number of aryl methyl sites for hydroxylation is 1. The summed E-state index contributed by atoms with van der Waals surface area (Å²) in [5, 5.41) is 0. The summed E-state index contributed by atoms with van der Waals surface area (Å²) < 4.78 is 0. The van der Waals surface area contributed by atoms with Crippen LogP contribution in [0.4, 0.5) is 5.69 Å². The first-order valence-electron chi connectivity index (χ1n) is 13.8. The van der Waals surface area contributed by atoms with Crippen molar-refractivity contribution in [2.24, 2.45) is 29.4 Å². The number of allylic oxidation sites excluding steroid dienone is 4. The van der Waals surface area contributed by atoms with Gasteiger partial charge in [-0.3, -0.25) is 4.90 Å². The molecule has 3 nitrogen and oxygen atoms in total. The normalized spacial score (nSPS) is 27.1. The van der Waals surface area contributed by atoms with Crippen LogP contribution in [-0.4, -0.2) is 18.0 Å². The predicted molar refractivity (Wildman–Crippen MR) is 144 cm³/mol. The fourth-order valence-corrected chi connectivity index (χ4v) is 7.91. The molecule has 34 heavy (non-hydrogen) atoms. The van der Waals surface area contributed by atoms with E-state index >= 15 is 0 Å². The first-order chi connectivity index (χ1) is 16.3. The standard InChI is InChI=1S/C31H45N3/c1-6-21-12-24(17-34-9-7-8-10-34)31(33)29-14-23-13-22-11-19(4)25(20(5)32)15-27(22)30(18(2)3)28(23)16-26(21)29/h12,18,22-23,27H,5-11,13-17,32-33H2,1-4H3. The zero-order valence-corrected chi connectivity index (χ0v) is 22.0. The van der Waals surface area contributed by atoms with Crippen LogP contribution >= 0.6 is 0 Å². The Hall–Kier alpha value is -2.00. The highest BCUT2D eigenvalue weighted by molar-refractivity contribution is 5.63. The molecular weight excluding hydrogens is 414 g/mol. The van der Waals surface area contributed by atoms with Crippen LogP contribution in [0.25, 0.3) is 0 Å². The second-order valence-corrected chi connectivity index (χ2v) is 11.9. The van der Waals surface area contributed by atoms with E-state index in [0.717, 1.165) is 49.5 Å². The van der Waals surface area contributed by atoms with Crippen LogP contribution in [0.5, 0.6) is 0 Å². The summed E-state index contributed by atoms with van der Waals surface area (Å²) >= 11 is 0. The maximum absolute atomic E-state index is 6.95. The minimum absolute atomic E-state index is 0.578. The van der Waals surface area contributed by atoms with E-state index in [2.05, 4.69) is 45.2 Å². The summed E-state index contributed by atoms with van der Waals surface area (Å²) in [6.07, 6.45) is 9.55. The van der Waals surface area contributed by atoms with E-state index in [1.165, 1.54) is 66.6 Å². The van der Waals surface area contributed by atoms with Crippen molar-refractivity contribution >= 4 is 5.69 Å². The third kappa shape index (κ3) is 4.04. The first kappa shape index (κ1) is 23.7. The van der Waals surface area contributed by atoms with Crippen LogP contribution in [0.2, 0.25) is 0 Å². The molecule has 0 spiro atoms. The molecule has 3 unspecified atom stereocenters. The number of nitrogens with zero attached hydrogens (tertiary/aromatic N) is 1. The summed E-state index contributed by atoms with van der Waals surface area (Å²) in [6, 6.07) is 2.46. The Kier molecular flexibility index (Phi) is 6.44. The van der Waals surface area contributed by atoms with Gasteiger partial charge in [0.2, 0.25) is 0 Å². The van der Waals surface area contributed by atoms with E-state index in [-0.39, 0.29) is 0 Å². The van der Waals surface area contributed by atoms with Crippen LogP contribution < -0.4 is 11.5 Å². The summed E-state index contributed by atoms with van der Waals surface area (Å²) in [5.74, 6) is 2.59. The van der Waals surface area contributed by atoms with Crippen molar-refractivity contribution in [3.05, 3.63) is 62.9 Å². The zero-order chi connectivity index (χ0) is 24.1. The van der Waals surface area contributed by atoms with Gasteiger partial charge >= 0.3 is 0 Å². The molecule has 0 bridgehead atoms. The molecule has 1 aliphatic heterocycles. The predicted octanol–water partition coefficient (Wildman–Crippen LogP) is 6.31. The molecule has 5 rings (SSSR count). The molecule has 1 aromatic carbocycles. The fourth-order valence-electron chi connectivity index (χ4n) is 7.91. The Morgan fingerprint density at radius 2 is 1.85 bits per heavy atom. The monoisotopic (exact) mass is 459 g/mol. The molecule has 1 saturated heterocycles. The highest BCUT2D eigenvalue weighted by Gasteiger charge is 2.42. The molecule has 1 fully saturated rings. The van der Waals surface area contributed by atoms with Gasteiger partial charge in [-0.2, -0.15) is 0 Å². The van der Waals surface area contributed by atoms with Crippen molar-refractivity contribution in [3.63, 3.8) is 0 Å². The minimum atomic E-state index is 0.578. The van der Waals surface area contributed by atoms with Crippen molar-refractivity contribution in [2.75, 3.05) is 18.8 Å². The van der Waals surface area contributed by atoms with E-state index in [1.54, 1.807) is 16.7 Å². The molecule has 4 aliphatic rings. The molecule has 0 aromatic heterocycles. The lowest BCUT2D eigenvalue weighted by Crippen LogP contribution is -2.37. The van der Waals surface area contributed by atoms with Crippen LogP contribution in [0.1, 0.15) is 82.1 Å². The molecule has 1 heterocycles. The smallest absolute Gasteiger partial charge is 0.0395 e. The van der Waals surface area contributed by atoms with Gasteiger partial charge in [-0.15, -0.1) is 0 Å². The Morgan fingerprint density at radius 3 is 2.50 bits per heavy atom. The number of hydrogen-bond donors (Lipinski definition) is 2. The second kappa shape index (κ2) is 9.22. The van der Waals surface area contributed by atoms with Gasteiger partial charge in [0.1, 0.15) is 0 Å². The van der Waals surface area contributed by atoms with Crippen molar-refractivity contribution < 1.29 is 0 Å². The van der Waals surface area contributed by atoms with E-state index in [4.69, 9.17) is 11.5 Å². The number of fused-ring (bicyclic) bond motifs is 3. The molecule has 3 heteroatoms. The highest BCUT2D eigenvalue weighted by atomic mass is 15.1.